The summed E-state index contributed by atoms with van der Waals surface area (Å²) in [6, 6.07) is 0.274. The van der Waals surface area contributed by atoms with E-state index in [1.165, 1.54) is 0 Å². The van der Waals surface area contributed by atoms with Crippen molar-refractivity contribution in [2.75, 3.05) is 6.67 Å². The summed E-state index contributed by atoms with van der Waals surface area (Å²) in [5, 5.41) is 9.45. The normalized spacial score (nSPS) is 13.9. The zero-order chi connectivity index (χ0) is 12.5. The molecule has 1 rings (SSSR count). The van der Waals surface area contributed by atoms with Crippen molar-refractivity contribution in [1.29, 1.82) is 0 Å². The molecular formula is C9H8BrF4NO. The zero-order valence-corrected chi connectivity index (χ0v) is 9.44. The fourth-order valence-electron chi connectivity index (χ4n) is 1.28. The van der Waals surface area contributed by atoms with Crippen molar-refractivity contribution >= 4 is 15.9 Å². The molecule has 0 amide bonds. The van der Waals surface area contributed by atoms with Crippen LogP contribution in [0.3, 0.4) is 0 Å². The Bertz CT molecular complexity index is 394. The number of hydrogen-bond acceptors (Lipinski definition) is 2. The van der Waals surface area contributed by atoms with E-state index in [0.29, 0.717) is 0 Å². The molecule has 0 heterocycles. The molecule has 0 aromatic heterocycles. The molecule has 0 spiro atoms. The van der Waals surface area contributed by atoms with Crippen LogP contribution in [-0.4, -0.2) is 11.8 Å². The molecule has 1 atom stereocenters. The predicted molar refractivity (Wildman–Crippen MR) is 53.7 cm³/mol. The lowest BCUT2D eigenvalue weighted by molar-refractivity contribution is -0.138. The van der Waals surface area contributed by atoms with Crippen LogP contribution in [-0.2, 0) is 6.18 Å². The first kappa shape index (κ1) is 13.2. The quantitative estimate of drug-likeness (QED) is 0.824. The average molecular weight is 302 g/mol. The van der Waals surface area contributed by atoms with Gasteiger partial charge in [-0.25, -0.2) is 4.39 Å². The highest BCUT2D eigenvalue weighted by Gasteiger charge is 2.36. The van der Waals surface area contributed by atoms with E-state index in [0.717, 1.165) is 12.1 Å². The summed E-state index contributed by atoms with van der Waals surface area (Å²) in [6.07, 6.45) is -4.68. The number of nitrogens with two attached hydrogens (primary N) is 1. The van der Waals surface area contributed by atoms with E-state index in [2.05, 4.69) is 15.9 Å². The lowest BCUT2D eigenvalue weighted by atomic mass is 10.00. The van der Waals surface area contributed by atoms with Gasteiger partial charge in [0.15, 0.2) is 0 Å². The average Bonchev–Trinajstić information content (AvgIpc) is 2.19. The zero-order valence-electron chi connectivity index (χ0n) is 7.85. The van der Waals surface area contributed by atoms with E-state index < -0.39 is 35.8 Å². The maximum Gasteiger partial charge on any atom is 0.416 e. The second kappa shape index (κ2) is 4.58. The Morgan fingerprint density at radius 2 is 1.94 bits per heavy atom. The van der Waals surface area contributed by atoms with Crippen LogP contribution in [0.15, 0.2) is 16.6 Å². The molecule has 2 nitrogen and oxygen atoms in total. The summed E-state index contributed by atoms with van der Waals surface area (Å²) in [5.74, 6) is -0.681. The Morgan fingerprint density at radius 3 is 2.38 bits per heavy atom. The summed E-state index contributed by atoms with van der Waals surface area (Å²) < 4.78 is 50.0. The Kier molecular flexibility index (Phi) is 3.80. The van der Waals surface area contributed by atoms with E-state index in [9.17, 15) is 22.7 Å². The fourth-order valence-corrected chi connectivity index (χ4v) is 1.63. The van der Waals surface area contributed by atoms with Gasteiger partial charge in [0.05, 0.1) is 16.1 Å². The molecule has 0 aliphatic heterocycles. The van der Waals surface area contributed by atoms with Gasteiger partial charge in [0, 0.05) is 5.56 Å². The van der Waals surface area contributed by atoms with Crippen molar-refractivity contribution in [3.63, 3.8) is 0 Å². The maximum atomic E-state index is 12.6. The van der Waals surface area contributed by atoms with Gasteiger partial charge < -0.3 is 10.8 Å². The first-order valence-corrected chi connectivity index (χ1v) is 4.98. The first-order valence-electron chi connectivity index (χ1n) is 4.19. The number of rotatable bonds is 2. The van der Waals surface area contributed by atoms with E-state index in [1.807, 2.05) is 0 Å². The van der Waals surface area contributed by atoms with Crippen molar-refractivity contribution in [2.24, 2.45) is 5.73 Å². The second-order valence-corrected chi connectivity index (χ2v) is 3.97. The van der Waals surface area contributed by atoms with Gasteiger partial charge in [-0.3, -0.25) is 0 Å². The minimum Gasteiger partial charge on any atom is -0.506 e. The molecule has 16 heavy (non-hydrogen) atoms. The Morgan fingerprint density at radius 1 is 1.38 bits per heavy atom. The van der Waals surface area contributed by atoms with E-state index in [1.54, 1.807) is 0 Å². The van der Waals surface area contributed by atoms with Crippen LogP contribution in [0.5, 0.6) is 5.75 Å². The van der Waals surface area contributed by atoms with Crippen molar-refractivity contribution in [1.82, 2.24) is 0 Å². The molecule has 7 heteroatoms. The van der Waals surface area contributed by atoms with Crippen molar-refractivity contribution in [3.8, 4) is 5.75 Å². The molecular weight excluding hydrogens is 294 g/mol. The van der Waals surface area contributed by atoms with Gasteiger partial charge >= 0.3 is 6.18 Å². The molecule has 0 saturated heterocycles. The van der Waals surface area contributed by atoms with Crippen molar-refractivity contribution in [2.45, 2.75) is 12.2 Å². The van der Waals surface area contributed by atoms with Crippen molar-refractivity contribution < 1.29 is 22.7 Å². The van der Waals surface area contributed by atoms with Crippen LogP contribution in [0.1, 0.15) is 17.2 Å². The number of phenolic OH excluding ortho intramolecular Hbond substituents is 1. The lowest BCUT2D eigenvalue weighted by Gasteiger charge is -2.18. The Balaban J connectivity index is 3.45. The number of halogens is 5. The number of hydrogen-bond donors (Lipinski definition) is 2. The predicted octanol–water partition coefficient (Wildman–Crippen LogP) is 3.14. The smallest absolute Gasteiger partial charge is 0.416 e. The maximum absolute atomic E-state index is 12.6. The van der Waals surface area contributed by atoms with Crippen LogP contribution < -0.4 is 5.73 Å². The molecule has 0 bridgehead atoms. The molecule has 0 radical (unpaired) electrons. The molecule has 1 aromatic carbocycles. The van der Waals surface area contributed by atoms with Crippen molar-refractivity contribution in [3.05, 3.63) is 27.7 Å². The van der Waals surface area contributed by atoms with Gasteiger partial charge in [-0.15, -0.1) is 0 Å². The Labute approximate surface area is 97.2 Å². The topological polar surface area (TPSA) is 46.2 Å². The van der Waals surface area contributed by atoms with E-state index in [4.69, 9.17) is 5.73 Å². The largest absolute Gasteiger partial charge is 0.506 e. The monoisotopic (exact) mass is 301 g/mol. The summed E-state index contributed by atoms with van der Waals surface area (Å²) in [5.41, 5.74) is 3.44. The van der Waals surface area contributed by atoms with Gasteiger partial charge in [-0.2, -0.15) is 13.2 Å². The summed E-state index contributed by atoms with van der Waals surface area (Å²) in [4.78, 5) is 0. The molecule has 3 N–H and O–H groups in total. The third kappa shape index (κ3) is 2.46. The highest BCUT2D eigenvalue weighted by atomic mass is 79.9. The number of benzene rings is 1. The van der Waals surface area contributed by atoms with Gasteiger partial charge in [0.2, 0.25) is 0 Å². The lowest BCUT2D eigenvalue weighted by Crippen LogP contribution is -2.19. The Hall–Kier alpha value is -0.820. The van der Waals surface area contributed by atoms with Gasteiger partial charge in [0.1, 0.15) is 12.4 Å². The van der Waals surface area contributed by atoms with E-state index >= 15 is 0 Å². The molecule has 0 saturated carbocycles. The molecule has 1 aromatic rings. The summed E-state index contributed by atoms with van der Waals surface area (Å²) >= 11 is 2.85. The van der Waals surface area contributed by atoms with E-state index in [-0.39, 0.29) is 4.47 Å². The SMILES string of the molecule is N[C@@H](CF)c1c(C(F)(F)F)ccc(Br)c1O. The van der Waals surface area contributed by atoms with Gasteiger partial charge in [-0.1, -0.05) is 0 Å². The number of alkyl halides is 4. The van der Waals surface area contributed by atoms with Crippen LogP contribution in [0, 0.1) is 0 Å². The minimum atomic E-state index is -4.68. The molecule has 0 fully saturated rings. The number of phenols is 1. The second-order valence-electron chi connectivity index (χ2n) is 3.12. The summed E-state index contributed by atoms with van der Waals surface area (Å²) in [6.45, 7) is -1.19. The highest BCUT2D eigenvalue weighted by Crippen LogP contribution is 2.41. The summed E-state index contributed by atoms with van der Waals surface area (Å²) in [7, 11) is 0. The standard InChI is InChI=1S/C9H8BrF4NO/c10-5-2-1-4(9(12,13)14)7(8(5)16)6(15)3-11/h1-2,6,16H,3,15H2/t6-/m0/s1. The fraction of sp³-hybridized carbons (Fsp3) is 0.333. The highest BCUT2D eigenvalue weighted by molar-refractivity contribution is 9.10. The molecule has 0 aliphatic carbocycles. The van der Waals surface area contributed by atoms with Crippen LogP contribution in [0.4, 0.5) is 17.6 Å². The van der Waals surface area contributed by atoms with Gasteiger partial charge in [0.25, 0.3) is 0 Å². The van der Waals surface area contributed by atoms with Crippen LogP contribution in [0.25, 0.3) is 0 Å². The molecule has 0 unspecified atom stereocenters. The molecule has 0 aliphatic rings. The molecule has 90 valence electrons. The number of aromatic hydroxyl groups is 1. The van der Waals surface area contributed by atoms with Crippen LogP contribution >= 0.6 is 15.9 Å². The minimum absolute atomic E-state index is 0.0411. The van der Waals surface area contributed by atoms with Crippen LogP contribution in [0.2, 0.25) is 0 Å². The van der Waals surface area contributed by atoms with Gasteiger partial charge in [-0.05, 0) is 28.1 Å². The third-order valence-electron chi connectivity index (χ3n) is 2.01. The first-order chi connectivity index (χ1) is 7.29. The third-order valence-corrected chi connectivity index (χ3v) is 2.65.